The molecule has 3 aromatic rings. The maximum Gasteiger partial charge on any atom is 0.261 e. The first-order valence-electron chi connectivity index (χ1n) is 8.15. The van der Waals surface area contributed by atoms with Gasteiger partial charge in [-0.3, -0.25) is 9.52 Å². The molecule has 0 heterocycles. The largest absolute Gasteiger partial charge is 0.348 e. The zero-order valence-corrected chi connectivity index (χ0v) is 15.0. The molecule has 0 bridgehead atoms. The molecule has 0 unspecified atom stereocenters. The summed E-state index contributed by atoms with van der Waals surface area (Å²) in [6, 6.07) is 20.2. The van der Waals surface area contributed by atoms with Crippen LogP contribution in [0.25, 0.3) is 0 Å². The van der Waals surface area contributed by atoms with E-state index < -0.39 is 10.0 Å². The number of nitrogens with one attached hydrogen (secondary N) is 2. The molecule has 0 aliphatic carbocycles. The first-order valence-corrected chi connectivity index (χ1v) is 9.63. The normalized spacial score (nSPS) is 11.0. The molecule has 1 amide bonds. The summed E-state index contributed by atoms with van der Waals surface area (Å²) in [6.07, 6.45) is 0. The van der Waals surface area contributed by atoms with Gasteiger partial charge in [0.05, 0.1) is 4.90 Å². The first-order chi connectivity index (χ1) is 13.0. The number of hydrogen-bond acceptors (Lipinski definition) is 3. The number of sulfonamides is 1. The number of rotatable bonds is 6. The lowest BCUT2D eigenvalue weighted by molar-refractivity contribution is 0.0950. The maximum atomic E-state index is 13.6. The Labute approximate surface area is 156 Å². The summed E-state index contributed by atoms with van der Waals surface area (Å²) in [5.41, 5.74) is 1.07. The average molecular weight is 384 g/mol. The number of amides is 1. The summed E-state index contributed by atoms with van der Waals surface area (Å²) in [7, 11) is -3.69. The summed E-state index contributed by atoms with van der Waals surface area (Å²) in [5.74, 6) is -0.765. The minimum atomic E-state index is -3.69. The molecule has 0 saturated carbocycles. The molecule has 27 heavy (non-hydrogen) atoms. The summed E-state index contributed by atoms with van der Waals surface area (Å²) >= 11 is 0. The summed E-state index contributed by atoms with van der Waals surface area (Å²) in [4.78, 5) is 12.3. The molecule has 5 nitrogen and oxygen atoms in total. The van der Waals surface area contributed by atoms with Crippen LogP contribution in [-0.2, 0) is 16.6 Å². The Morgan fingerprint density at radius 1 is 0.852 bits per heavy atom. The Morgan fingerprint density at radius 2 is 1.48 bits per heavy atom. The van der Waals surface area contributed by atoms with E-state index in [0.717, 1.165) is 0 Å². The van der Waals surface area contributed by atoms with Crippen LogP contribution in [-0.4, -0.2) is 14.3 Å². The van der Waals surface area contributed by atoms with E-state index in [-0.39, 0.29) is 23.2 Å². The van der Waals surface area contributed by atoms with E-state index in [1.54, 1.807) is 36.4 Å². The molecule has 0 fully saturated rings. The van der Waals surface area contributed by atoms with Gasteiger partial charge >= 0.3 is 0 Å². The van der Waals surface area contributed by atoms with Crippen LogP contribution in [0.1, 0.15) is 15.9 Å². The number of halogens is 1. The van der Waals surface area contributed by atoms with Gasteiger partial charge in [0.2, 0.25) is 0 Å². The molecule has 7 heteroatoms. The van der Waals surface area contributed by atoms with Gasteiger partial charge in [-0.25, -0.2) is 12.8 Å². The molecular weight excluding hydrogens is 367 g/mol. The predicted molar refractivity (Wildman–Crippen MR) is 101 cm³/mol. The number of carbonyl (C=O) groups excluding carboxylic acids is 1. The van der Waals surface area contributed by atoms with E-state index in [2.05, 4.69) is 10.0 Å². The highest BCUT2D eigenvalue weighted by atomic mass is 32.2. The lowest BCUT2D eigenvalue weighted by atomic mass is 10.1. The SMILES string of the molecule is O=C(NCc1ccccc1F)c1ccc(NS(=O)(=O)c2ccccc2)cc1. The number of benzene rings is 3. The third-order valence-corrected chi connectivity index (χ3v) is 5.25. The second-order valence-corrected chi connectivity index (χ2v) is 7.45. The fourth-order valence-corrected chi connectivity index (χ4v) is 3.50. The van der Waals surface area contributed by atoms with Crippen molar-refractivity contribution in [3.63, 3.8) is 0 Å². The van der Waals surface area contributed by atoms with E-state index in [1.165, 1.54) is 42.5 Å². The minimum absolute atomic E-state index is 0.0634. The van der Waals surface area contributed by atoms with Crippen molar-refractivity contribution in [1.82, 2.24) is 5.32 Å². The van der Waals surface area contributed by atoms with E-state index in [0.29, 0.717) is 16.8 Å². The lowest BCUT2D eigenvalue weighted by Crippen LogP contribution is -2.23. The zero-order chi connectivity index (χ0) is 19.3. The van der Waals surface area contributed by atoms with Crippen molar-refractivity contribution in [3.8, 4) is 0 Å². The molecule has 0 aliphatic heterocycles. The van der Waals surface area contributed by atoms with Crippen molar-refractivity contribution in [1.29, 1.82) is 0 Å². The average Bonchev–Trinajstić information content (AvgIpc) is 2.68. The van der Waals surface area contributed by atoms with Crippen molar-refractivity contribution >= 4 is 21.6 Å². The van der Waals surface area contributed by atoms with Gasteiger partial charge in [0.1, 0.15) is 5.82 Å². The highest BCUT2D eigenvalue weighted by Crippen LogP contribution is 2.16. The minimum Gasteiger partial charge on any atom is -0.348 e. The molecule has 0 aromatic heterocycles. The van der Waals surface area contributed by atoms with Crippen LogP contribution < -0.4 is 10.0 Å². The van der Waals surface area contributed by atoms with Crippen molar-refractivity contribution in [2.24, 2.45) is 0 Å². The zero-order valence-electron chi connectivity index (χ0n) is 14.2. The number of carbonyl (C=O) groups is 1. The quantitative estimate of drug-likeness (QED) is 0.682. The van der Waals surface area contributed by atoms with Gasteiger partial charge in [-0.1, -0.05) is 36.4 Å². The van der Waals surface area contributed by atoms with Gasteiger partial charge in [0.25, 0.3) is 15.9 Å². The topological polar surface area (TPSA) is 75.3 Å². The number of anilines is 1. The van der Waals surface area contributed by atoms with Crippen LogP contribution in [0.5, 0.6) is 0 Å². The highest BCUT2D eigenvalue weighted by Gasteiger charge is 2.14. The third-order valence-electron chi connectivity index (χ3n) is 3.85. The van der Waals surface area contributed by atoms with Crippen molar-refractivity contribution in [2.75, 3.05) is 4.72 Å². The van der Waals surface area contributed by atoms with E-state index in [9.17, 15) is 17.6 Å². The first kappa shape index (κ1) is 18.6. The molecule has 0 aliphatic rings. The monoisotopic (exact) mass is 384 g/mol. The Balaban J connectivity index is 1.65. The van der Waals surface area contributed by atoms with E-state index in [1.807, 2.05) is 0 Å². The second kappa shape index (κ2) is 8.01. The van der Waals surface area contributed by atoms with Crippen LogP contribution in [0.15, 0.2) is 83.8 Å². The van der Waals surface area contributed by atoms with E-state index in [4.69, 9.17) is 0 Å². The lowest BCUT2D eigenvalue weighted by Gasteiger charge is -2.09. The Morgan fingerprint density at radius 3 is 2.15 bits per heavy atom. The van der Waals surface area contributed by atoms with Crippen molar-refractivity contribution < 1.29 is 17.6 Å². The fourth-order valence-electron chi connectivity index (χ4n) is 2.42. The van der Waals surface area contributed by atoms with Gasteiger partial charge in [-0.05, 0) is 42.5 Å². The molecule has 0 spiro atoms. The Bertz CT molecular complexity index is 1040. The maximum absolute atomic E-state index is 13.6. The number of hydrogen-bond donors (Lipinski definition) is 2. The molecule has 2 N–H and O–H groups in total. The molecule has 0 atom stereocenters. The Kier molecular flexibility index (Phi) is 5.52. The summed E-state index contributed by atoms with van der Waals surface area (Å²) in [5, 5.41) is 2.63. The van der Waals surface area contributed by atoms with Crippen LogP contribution >= 0.6 is 0 Å². The molecular formula is C20H17FN2O3S. The molecule has 0 radical (unpaired) electrons. The van der Waals surface area contributed by atoms with Crippen LogP contribution in [0.2, 0.25) is 0 Å². The van der Waals surface area contributed by atoms with Gasteiger partial charge < -0.3 is 5.32 Å². The smallest absolute Gasteiger partial charge is 0.261 e. The third kappa shape index (κ3) is 4.71. The van der Waals surface area contributed by atoms with Crippen molar-refractivity contribution in [2.45, 2.75) is 11.4 Å². The van der Waals surface area contributed by atoms with Gasteiger partial charge in [0.15, 0.2) is 0 Å². The standard InChI is InChI=1S/C20H17FN2O3S/c21-19-9-5-4-6-16(19)14-22-20(24)15-10-12-17(13-11-15)23-27(25,26)18-7-2-1-3-8-18/h1-13,23H,14H2,(H,22,24). The van der Waals surface area contributed by atoms with Crippen LogP contribution in [0, 0.1) is 5.82 Å². The summed E-state index contributed by atoms with van der Waals surface area (Å²) in [6.45, 7) is 0.0634. The predicted octanol–water partition coefficient (Wildman–Crippen LogP) is 3.56. The van der Waals surface area contributed by atoms with Crippen LogP contribution in [0.4, 0.5) is 10.1 Å². The Hall–Kier alpha value is -3.19. The van der Waals surface area contributed by atoms with Gasteiger partial charge in [-0.2, -0.15) is 0 Å². The van der Waals surface area contributed by atoms with Crippen molar-refractivity contribution in [3.05, 3.63) is 95.8 Å². The fraction of sp³-hybridized carbons (Fsp3) is 0.0500. The van der Waals surface area contributed by atoms with E-state index >= 15 is 0 Å². The van der Waals surface area contributed by atoms with Gasteiger partial charge in [0, 0.05) is 23.4 Å². The second-order valence-electron chi connectivity index (χ2n) is 5.77. The molecule has 0 saturated heterocycles. The molecule has 3 aromatic carbocycles. The highest BCUT2D eigenvalue weighted by molar-refractivity contribution is 7.92. The van der Waals surface area contributed by atoms with Crippen LogP contribution in [0.3, 0.4) is 0 Å². The molecule has 138 valence electrons. The van der Waals surface area contributed by atoms with Gasteiger partial charge in [-0.15, -0.1) is 0 Å². The molecule has 3 rings (SSSR count). The summed E-state index contributed by atoms with van der Waals surface area (Å²) < 4.78 is 40.6.